The van der Waals surface area contributed by atoms with E-state index < -0.39 is 23.4 Å². The van der Waals surface area contributed by atoms with Crippen LogP contribution in [-0.4, -0.2) is 35.6 Å². The number of hydrogen-bond acceptors (Lipinski definition) is 5. The monoisotopic (exact) mass is 332 g/mol. The molecule has 0 atom stereocenters. The first-order valence-corrected chi connectivity index (χ1v) is 7.48. The zero-order valence-electron chi connectivity index (χ0n) is 13.9. The van der Waals surface area contributed by atoms with Gasteiger partial charge in [0.1, 0.15) is 0 Å². The Labute approximate surface area is 139 Å². The lowest BCUT2D eigenvalue weighted by molar-refractivity contribution is -0.108. The molecule has 1 heterocycles. The molecule has 0 radical (unpaired) electrons. The predicted molar refractivity (Wildman–Crippen MR) is 88.3 cm³/mol. The molecule has 0 aliphatic carbocycles. The molecular weight excluding hydrogens is 312 g/mol. The van der Waals surface area contributed by atoms with Crippen LogP contribution in [0.2, 0.25) is 0 Å². The Bertz CT molecular complexity index is 819. The number of hydrogen-bond donors (Lipinski definition) is 0. The number of methoxy groups -OCH3 is 2. The standard InChI is InChI=1S/C17H20N2O5/c1-12-11-18(10-9-14(23-2)24-3)17(22)19(15(12)20)16(21)13-7-5-4-6-8-13/h4-8,11,14H,9-10H2,1-3H3. The maximum Gasteiger partial charge on any atom is 0.338 e. The van der Waals surface area contributed by atoms with Gasteiger partial charge < -0.3 is 9.47 Å². The number of carbonyl (C=O) groups is 1. The molecular formula is C17H20N2O5. The minimum absolute atomic E-state index is 0.258. The van der Waals surface area contributed by atoms with Crippen molar-refractivity contribution >= 4 is 5.91 Å². The predicted octanol–water partition coefficient (Wildman–Crippen LogP) is 1.02. The van der Waals surface area contributed by atoms with Gasteiger partial charge in [0.15, 0.2) is 6.29 Å². The highest BCUT2D eigenvalue weighted by Gasteiger charge is 2.17. The van der Waals surface area contributed by atoms with Crippen LogP contribution in [0.25, 0.3) is 0 Å². The van der Waals surface area contributed by atoms with Crippen LogP contribution in [0.3, 0.4) is 0 Å². The van der Waals surface area contributed by atoms with Gasteiger partial charge in [-0.3, -0.25) is 14.2 Å². The molecule has 0 unspecified atom stereocenters. The number of benzene rings is 1. The lowest BCUT2D eigenvalue weighted by Gasteiger charge is -2.15. The molecule has 0 N–H and O–H groups in total. The fraction of sp³-hybridized carbons (Fsp3) is 0.353. The fourth-order valence-corrected chi connectivity index (χ4v) is 2.36. The van der Waals surface area contributed by atoms with E-state index in [9.17, 15) is 14.4 Å². The van der Waals surface area contributed by atoms with Crippen molar-refractivity contribution in [2.45, 2.75) is 26.2 Å². The van der Waals surface area contributed by atoms with Gasteiger partial charge in [0.2, 0.25) is 0 Å². The van der Waals surface area contributed by atoms with Crippen LogP contribution >= 0.6 is 0 Å². The third-order valence-electron chi connectivity index (χ3n) is 3.68. The summed E-state index contributed by atoms with van der Waals surface area (Å²) in [6.07, 6.45) is 1.38. The maximum atomic E-state index is 12.6. The third-order valence-corrected chi connectivity index (χ3v) is 3.68. The molecule has 7 heteroatoms. The molecule has 24 heavy (non-hydrogen) atoms. The average Bonchev–Trinajstić information content (AvgIpc) is 2.60. The van der Waals surface area contributed by atoms with E-state index in [1.165, 1.54) is 25.0 Å². The molecule has 2 rings (SSSR count). The lowest BCUT2D eigenvalue weighted by Crippen LogP contribution is -2.44. The second-order valence-electron chi connectivity index (χ2n) is 5.29. The minimum Gasteiger partial charge on any atom is -0.356 e. The van der Waals surface area contributed by atoms with E-state index in [1.54, 1.807) is 37.3 Å². The normalized spacial score (nSPS) is 11.0. The Balaban J connectivity index is 2.44. The number of nitrogens with zero attached hydrogens (tertiary/aromatic N) is 2. The Morgan fingerprint density at radius 3 is 2.33 bits per heavy atom. The van der Waals surface area contributed by atoms with Crippen LogP contribution in [0.4, 0.5) is 0 Å². The van der Waals surface area contributed by atoms with Crippen LogP contribution in [-0.2, 0) is 16.0 Å². The van der Waals surface area contributed by atoms with Gasteiger partial charge >= 0.3 is 5.69 Å². The topological polar surface area (TPSA) is 79.5 Å². The summed E-state index contributed by atoms with van der Waals surface area (Å²) in [5.41, 5.74) is -0.698. The van der Waals surface area contributed by atoms with Crippen molar-refractivity contribution in [3.05, 3.63) is 68.5 Å². The second-order valence-corrected chi connectivity index (χ2v) is 5.29. The molecule has 7 nitrogen and oxygen atoms in total. The maximum absolute atomic E-state index is 12.6. The van der Waals surface area contributed by atoms with Crippen LogP contribution in [0.15, 0.2) is 46.1 Å². The zero-order valence-corrected chi connectivity index (χ0v) is 13.9. The molecule has 0 fully saturated rings. The Morgan fingerprint density at radius 2 is 1.75 bits per heavy atom. The number of aryl methyl sites for hydroxylation is 2. The third kappa shape index (κ3) is 3.69. The van der Waals surface area contributed by atoms with Crippen LogP contribution in [0, 0.1) is 6.92 Å². The summed E-state index contributed by atoms with van der Waals surface area (Å²) < 4.78 is 12.2. The fourth-order valence-electron chi connectivity index (χ4n) is 2.36. The largest absolute Gasteiger partial charge is 0.356 e. The van der Waals surface area contributed by atoms with Gasteiger partial charge in [0.25, 0.3) is 11.5 Å². The number of aromatic nitrogens is 2. The molecule has 1 aromatic heterocycles. The summed E-state index contributed by atoms with van der Waals surface area (Å²) in [4.78, 5) is 37.4. The van der Waals surface area contributed by atoms with E-state index in [0.717, 1.165) is 0 Å². The van der Waals surface area contributed by atoms with Gasteiger partial charge in [-0.15, -0.1) is 0 Å². The van der Waals surface area contributed by atoms with Gasteiger partial charge in [-0.2, -0.15) is 4.57 Å². The van der Waals surface area contributed by atoms with E-state index >= 15 is 0 Å². The van der Waals surface area contributed by atoms with Crippen molar-refractivity contribution < 1.29 is 14.3 Å². The Morgan fingerprint density at radius 1 is 1.12 bits per heavy atom. The van der Waals surface area contributed by atoms with Gasteiger partial charge in [0, 0.05) is 44.5 Å². The number of carbonyl (C=O) groups excluding carboxylic acids is 1. The number of rotatable bonds is 6. The van der Waals surface area contributed by atoms with Crippen molar-refractivity contribution in [1.82, 2.24) is 9.13 Å². The van der Waals surface area contributed by atoms with E-state index in [-0.39, 0.29) is 12.1 Å². The van der Waals surface area contributed by atoms with Crippen LogP contribution in [0.1, 0.15) is 22.3 Å². The molecule has 0 spiro atoms. The van der Waals surface area contributed by atoms with Gasteiger partial charge in [-0.05, 0) is 19.1 Å². The SMILES string of the molecule is COC(CCn1cc(C)c(=O)n(C(=O)c2ccccc2)c1=O)OC. The van der Waals surface area contributed by atoms with Crippen molar-refractivity contribution in [2.75, 3.05) is 14.2 Å². The summed E-state index contributed by atoms with van der Waals surface area (Å²) in [7, 11) is 3.00. The van der Waals surface area contributed by atoms with Crippen molar-refractivity contribution in [3.63, 3.8) is 0 Å². The van der Waals surface area contributed by atoms with Crippen molar-refractivity contribution in [2.24, 2.45) is 0 Å². The summed E-state index contributed by atoms with van der Waals surface area (Å²) >= 11 is 0. The molecule has 0 aliphatic heterocycles. The van der Waals surface area contributed by atoms with Crippen molar-refractivity contribution in [1.29, 1.82) is 0 Å². The highest BCUT2D eigenvalue weighted by molar-refractivity contribution is 5.95. The first-order valence-electron chi connectivity index (χ1n) is 7.48. The Kier molecular flexibility index (Phi) is 5.83. The van der Waals surface area contributed by atoms with Gasteiger partial charge in [-0.1, -0.05) is 18.2 Å². The van der Waals surface area contributed by atoms with Gasteiger partial charge in [-0.25, -0.2) is 4.79 Å². The van der Waals surface area contributed by atoms with E-state index in [2.05, 4.69) is 0 Å². The van der Waals surface area contributed by atoms with E-state index in [1.807, 2.05) is 0 Å². The minimum atomic E-state index is -0.676. The Hall–Kier alpha value is -2.51. The first kappa shape index (κ1) is 17.8. The summed E-state index contributed by atoms with van der Waals surface area (Å²) in [6.45, 7) is 1.82. The highest BCUT2D eigenvalue weighted by atomic mass is 16.7. The zero-order chi connectivity index (χ0) is 17.7. The lowest BCUT2D eigenvalue weighted by atomic mass is 10.2. The highest BCUT2D eigenvalue weighted by Crippen LogP contribution is 2.02. The van der Waals surface area contributed by atoms with Gasteiger partial charge in [0.05, 0.1) is 0 Å². The average molecular weight is 332 g/mol. The number of ether oxygens (including phenoxy) is 2. The molecule has 0 aliphatic rings. The molecule has 2 aromatic rings. The molecule has 1 aromatic carbocycles. The summed E-state index contributed by atoms with van der Waals surface area (Å²) in [5, 5.41) is 0. The van der Waals surface area contributed by atoms with E-state index in [4.69, 9.17) is 9.47 Å². The van der Waals surface area contributed by atoms with Crippen molar-refractivity contribution in [3.8, 4) is 0 Å². The molecule has 0 saturated carbocycles. The summed E-state index contributed by atoms with van der Waals surface area (Å²) in [6, 6.07) is 8.23. The quantitative estimate of drug-likeness (QED) is 0.738. The molecule has 128 valence electrons. The van der Waals surface area contributed by atoms with Crippen LogP contribution in [0.5, 0.6) is 0 Å². The molecule has 0 saturated heterocycles. The summed E-state index contributed by atoms with van der Waals surface area (Å²) in [5.74, 6) is -0.641. The smallest absolute Gasteiger partial charge is 0.338 e. The molecule has 0 amide bonds. The first-order chi connectivity index (χ1) is 11.5. The van der Waals surface area contributed by atoms with Crippen LogP contribution < -0.4 is 11.2 Å². The second kappa shape index (κ2) is 7.85. The molecule has 0 bridgehead atoms. The van der Waals surface area contributed by atoms with E-state index in [0.29, 0.717) is 16.6 Å².